The summed E-state index contributed by atoms with van der Waals surface area (Å²) in [7, 11) is -2.86. The molecule has 0 radical (unpaired) electrons. The number of ether oxygens (including phenoxy) is 1. The van der Waals surface area contributed by atoms with Crippen LogP contribution in [0, 0.1) is 10.7 Å². The number of nitrogens with zero attached hydrogens (tertiary/aromatic N) is 2. The van der Waals surface area contributed by atoms with Gasteiger partial charge in [-0.3, -0.25) is 4.79 Å². The second-order valence-corrected chi connectivity index (χ2v) is 9.37. The quantitative estimate of drug-likeness (QED) is 0.649. The molecular formula is C20H22F2N4O3S. The van der Waals surface area contributed by atoms with Crippen LogP contribution in [0.2, 0.25) is 0 Å². The van der Waals surface area contributed by atoms with Gasteiger partial charge in [0.15, 0.2) is 0 Å². The van der Waals surface area contributed by atoms with Crippen molar-refractivity contribution in [3.8, 4) is 11.6 Å². The number of aromatic nitrogens is 2. The third-order valence-corrected chi connectivity index (χ3v) is 5.00. The average Bonchev–Trinajstić information content (AvgIpc) is 3.49. The summed E-state index contributed by atoms with van der Waals surface area (Å²) in [6.07, 6.45) is 5.58. The van der Waals surface area contributed by atoms with E-state index >= 15 is 0 Å². The van der Waals surface area contributed by atoms with Crippen LogP contribution in [0.5, 0.6) is 11.6 Å². The molecule has 1 saturated carbocycles. The van der Waals surface area contributed by atoms with Crippen molar-refractivity contribution in [2.45, 2.75) is 31.7 Å². The van der Waals surface area contributed by atoms with E-state index in [1.54, 1.807) is 30.3 Å². The Morgan fingerprint density at radius 2 is 2.03 bits per heavy atom. The first-order valence-corrected chi connectivity index (χ1v) is 11.3. The Bertz CT molecular complexity index is 1050. The van der Waals surface area contributed by atoms with Crippen molar-refractivity contribution in [1.29, 1.82) is 4.78 Å². The smallest absolute Gasteiger partial charge is 0.303 e. The fraction of sp³-hybridized carbons (Fsp3) is 0.350. The molecule has 1 aromatic heterocycles. The molecule has 0 saturated heterocycles. The minimum Gasteiger partial charge on any atom is -0.438 e. The standard InChI is InChI=1S/C20H22F2N4O3S/c1-20(21,22)19-24-12-15(18(26-19)29-14-6-4-3-5-7-14)17(27)25-16(13-8-9-13)10-11-30(2,23)28/h3-7,10-13,16,23H,8-9H2,1-2H3,(H,25,27)/b11-10+/t16-,30-/m1/s1. The summed E-state index contributed by atoms with van der Waals surface area (Å²) in [5.41, 5.74) is -0.103. The van der Waals surface area contributed by atoms with Gasteiger partial charge in [-0.1, -0.05) is 24.3 Å². The largest absolute Gasteiger partial charge is 0.438 e. The summed E-state index contributed by atoms with van der Waals surface area (Å²) in [4.78, 5) is 20.3. The number of carbonyl (C=O) groups excluding carboxylic acids is 1. The molecule has 1 fully saturated rings. The van der Waals surface area contributed by atoms with Crippen LogP contribution in [0.15, 0.2) is 48.0 Å². The predicted molar refractivity (Wildman–Crippen MR) is 108 cm³/mol. The molecule has 2 N–H and O–H groups in total. The fourth-order valence-corrected chi connectivity index (χ4v) is 3.12. The molecule has 160 valence electrons. The Hall–Kier alpha value is -2.88. The van der Waals surface area contributed by atoms with Gasteiger partial charge in [0.05, 0.1) is 15.8 Å². The summed E-state index contributed by atoms with van der Waals surface area (Å²) in [6, 6.07) is 7.92. The van der Waals surface area contributed by atoms with Gasteiger partial charge in [-0.15, -0.1) is 0 Å². The van der Waals surface area contributed by atoms with E-state index in [1.165, 1.54) is 17.7 Å². The van der Waals surface area contributed by atoms with Crippen LogP contribution >= 0.6 is 0 Å². The maximum atomic E-state index is 13.7. The minimum atomic E-state index is -3.31. The van der Waals surface area contributed by atoms with Gasteiger partial charge in [0, 0.05) is 24.8 Å². The molecule has 1 heterocycles. The third kappa shape index (κ3) is 6.06. The first-order chi connectivity index (χ1) is 14.0. The van der Waals surface area contributed by atoms with Crippen LogP contribution in [0.4, 0.5) is 8.78 Å². The highest BCUT2D eigenvalue weighted by Crippen LogP contribution is 2.34. The maximum absolute atomic E-state index is 13.7. The Kier molecular flexibility index (Phi) is 6.16. The fourth-order valence-electron chi connectivity index (χ4n) is 2.65. The zero-order valence-corrected chi connectivity index (χ0v) is 17.3. The molecular weight excluding hydrogens is 414 g/mol. The summed E-state index contributed by atoms with van der Waals surface area (Å²) < 4.78 is 52.1. The molecule has 1 amide bonds. The zero-order chi connectivity index (χ0) is 21.9. The van der Waals surface area contributed by atoms with Crippen LogP contribution in [-0.4, -0.2) is 32.4 Å². The number of nitrogens with one attached hydrogen (secondary N) is 2. The van der Waals surface area contributed by atoms with Gasteiger partial charge in [-0.05, 0) is 30.9 Å². The highest BCUT2D eigenvalue weighted by Gasteiger charge is 2.33. The van der Waals surface area contributed by atoms with Gasteiger partial charge < -0.3 is 10.1 Å². The highest BCUT2D eigenvalue weighted by atomic mass is 32.2. The zero-order valence-electron chi connectivity index (χ0n) is 16.5. The minimum absolute atomic E-state index is 0.103. The average molecular weight is 436 g/mol. The van der Waals surface area contributed by atoms with Gasteiger partial charge >= 0.3 is 5.92 Å². The number of hydrogen-bond acceptors (Lipinski definition) is 6. The van der Waals surface area contributed by atoms with Gasteiger partial charge in [-0.25, -0.2) is 14.0 Å². The molecule has 2 atom stereocenters. The Morgan fingerprint density at radius 3 is 2.60 bits per heavy atom. The topological polar surface area (TPSA) is 105 Å². The second kappa shape index (κ2) is 8.47. The molecule has 0 spiro atoms. The van der Waals surface area contributed by atoms with Crippen molar-refractivity contribution in [2.75, 3.05) is 6.26 Å². The predicted octanol–water partition coefficient (Wildman–Crippen LogP) is 4.08. The van der Waals surface area contributed by atoms with Gasteiger partial charge in [-0.2, -0.15) is 13.8 Å². The van der Waals surface area contributed by atoms with Crippen molar-refractivity contribution in [1.82, 2.24) is 15.3 Å². The lowest BCUT2D eigenvalue weighted by Crippen LogP contribution is -2.35. The first-order valence-electron chi connectivity index (χ1n) is 9.24. The number of carbonyl (C=O) groups is 1. The van der Waals surface area contributed by atoms with E-state index in [4.69, 9.17) is 9.52 Å². The molecule has 1 aromatic carbocycles. The van der Waals surface area contributed by atoms with E-state index in [0.29, 0.717) is 12.7 Å². The SMILES string of the molecule is CC(F)(F)c1ncc(C(=O)N[C@H](/C=C/[S@](C)(=N)=O)C2CC2)c(Oc2ccccc2)n1. The van der Waals surface area contributed by atoms with Crippen LogP contribution < -0.4 is 10.1 Å². The second-order valence-electron chi connectivity index (χ2n) is 7.29. The lowest BCUT2D eigenvalue weighted by molar-refractivity contribution is 0.00707. The lowest BCUT2D eigenvalue weighted by Gasteiger charge is -2.17. The maximum Gasteiger partial charge on any atom is 0.303 e. The van der Waals surface area contributed by atoms with Crippen molar-refractivity contribution in [2.24, 2.45) is 5.92 Å². The number of amides is 1. The van der Waals surface area contributed by atoms with E-state index in [-0.39, 0.29) is 17.4 Å². The molecule has 0 bridgehead atoms. The molecule has 0 aliphatic heterocycles. The summed E-state index contributed by atoms with van der Waals surface area (Å²) in [6.45, 7) is 0.658. The number of hydrogen-bond donors (Lipinski definition) is 2. The third-order valence-electron chi connectivity index (χ3n) is 4.32. The normalized spacial score (nSPS) is 17.3. The molecule has 7 nitrogen and oxygen atoms in total. The van der Waals surface area contributed by atoms with E-state index in [9.17, 15) is 17.8 Å². The number of alkyl halides is 2. The number of halogens is 2. The molecule has 10 heteroatoms. The summed E-state index contributed by atoms with van der Waals surface area (Å²) in [5, 5.41) is 4.03. The molecule has 1 aliphatic rings. The van der Waals surface area contributed by atoms with Crippen LogP contribution in [0.25, 0.3) is 0 Å². The molecule has 3 rings (SSSR count). The number of rotatable bonds is 8. The van der Waals surface area contributed by atoms with Crippen molar-refractivity contribution in [3.63, 3.8) is 0 Å². The molecule has 0 unspecified atom stereocenters. The van der Waals surface area contributed by atoms with Crippen molar-refractivity contribution in [3.05, 3.63) is 59.4 Å². The highest BCUT2D eigenvalue weighted by molar-refractivity contribution is 7.94. The first kappa shape index (κ1) is 21.8. The van der Waals surface area contributed by atoms with Gasteiger partial charge in [0.1, 0.15) is 11.3 Å². The summed E-state index contributed by atoms with van der Waals surface area (Å²) >= 11 is 0. The van der Waals surface area contributed by atoms with E-state index in [1.807, 2.05) is 0 Å². The van der Waals surface area contributed by atoms with Crippen molar-refractivity contribution >= 4 is 15.6 Å². The Balaban J connectivity index is 1.90. The van der Waals surface area contributed by atoms with Crippen LogP contribution in [-0.2, 0) is 15.7 Å². The van der Waals surface area contributed by atoms with Gasteiger partial charge in [0.25, 0.3) is 5.91 Å². The number of para-hydroxylation sites is 1. The van der Waals surface area contributed by atoms with E-state index in [2.05, 4.69) is 15.3 Å². The van der Waals surface area contributed by atoms with E-state index < -0.39 is 33.4 Å². The van der Waals surface area contributed by atoms with Crippen LogP contribution in [0.1, 0.15) is 35.9 Å². The van der Waals surface area contributed by atoms with E-state index in [0.717, 1.165) is 19.0 Å². The molecule has 1 aliphatic carbocycles. The van der Waals surface area contributed by atoms with Crippen molar-refractivity contribution < 1.29 is 22.5 Å². The lowest BCUT2D eigenvalue weighted by atomic mass is 10.1. The van der Waals surface area contributed by atoms with Gasteiger partial charge in [0.2, 0.25) is 11.7 Å². The molecule has 30 heavy (non-hydrogen) atoms. The Morgan fingerprint density at radius 1 is 1.37 bits per heavy atom. The number of benzene rings is 1. The van der Waals surface area contributed by atoms with Crippen LogP contribution in [0.3, 0.4) is 0 Å². The Labute approximate surface area is 173 Å². The summed E-state index contributed by atoms with van der Waals surface area (Å²) in [5.74, 6) is -4.48. The molecule has 2 aromatic rings. The monoisotopic (exact) mass is 436 g/mol.